The average molecular weight is 290 g/mol. The molecule has 112 valence electrons. The maximum absolute atomic E-state index is 12.3. The molecule has 0 N–H and O–H groups in total. The largest absolute Gasteiger partial charge is 1.00 e. The van der Waals surface area contributed by atoms with Gasteiger partial charge in [-0.15, -0.1) is 5.76 Å². The predicted octanol–water partition coefficient (Wildman–Crippen LogP) is 1.23. The van der Waals surface area contributed by atoms with Crippen molar-refractivity contribution in [2.24, 2.45) is 5.92 Å². The Balaban J connectivity index is 0.00000361. The SMILES string of the molecule is C/C=C(\[O-])[C@@H](O[Si](C)(C)C(C)(C)C)C1CCCCC1.[Li+]. The predicted molar refractivity (Wildman–Crippen MR) is 82.4 cm³/mol. The molecule has 1 aliphatic rings. The molecule has 1 aliphatic carbocycles. The van der Waals surface area contributed by atoms with Crippen LogP contribution < -0.4 is 24.0 Å². The van der Waals surface area contributed by atoms with E-state index in [-0.39, 0.29) is 35.8 Å². The molecule has 0 aromatic heterocycles. The van der Waals surface area contributed by atoms with Crippen LogP contribution in [0, 0.1) is 5.92 Å². The summed E-state index contributed by atoms with van der Waals surface area (Å²) in [6.07, 6.45) is 7.63. The molecule has 0 aliphatic heterocycles. The first-order chi connectivity index (χ1) is 8.69. The van der Waals surface area contributed by atoms with E-state index in [1.807, 2.05) is 6.92 Å². The Labute approximate surface area is 138 Å². The van der Waals surface area contributed by atoms with E-state index < -0.39 is 8.32 Å². The van der Waals surface area contributed by atoms with Gasteiger partial charge in [-0.2, -0.15) is 0 Å². The van der Waals surface area contributed by atoms with Crippen LogP contribution in [-0.4, -0.2) is 14.4 Å². The van der Waals surface area contributed by atoms with Crippen molar-refractivity contribution in [1.29, 1.82) is 0 Å². The molecule has 20 heavy (non-hydrogen) atoms. The van der Waals surface area contributed by atoms with Gasteiger partial charge in [0.25, 0.3) is 0 Å². The van der Waals surface area contributed by atoms with E-state index in [2.05, 4.69) is 33.9 Å². The van der Waals surface area contributed by atoms with Crippen LogP contribution >= 0.6 is 0 Å². The smallest absolute Gasteiger partial charge is 0.874 e. The van der Waals surface area contributed by atoms with Gasteiger partial charge < -0.3 is 9.53 Å². The molecule has 1 atom stereocenters. The summed E-state index contributed by atoms with van der Waals surface area (Å²) >= 11 is 0. The molecule has 0 aromatic carbocycles. The monoisotopic (exact) mass is 290 g/mol. The van der Waals surface area contributed by atoms with Crippen molar-refractivity contribution in [1.82, 2.24) is 0 Å². The number of allylic oxidation sites excluding steroid dienone is 1. The summed E-state index contributed by atoms with van der Waals surface area (Å²) in [5.41, 5.74) is 0. The fourth-order valence-corrected chi connectivity index (χ4v) is 3.78. The van der Waals surface area contributed by atoms with Crippen molar-refractivity contribution in [3.63, 3.8) is 0 Å². The fraction of sp³-hybridized carbons (Fsp3) is 0.875. The maximum Gasteiger partial charge on any atom is 1.00 e. The molecule has 2 nitrogen and oxygen atoms in total. The molecule has 4 heteroatoms. The minimum absolute atomic E-state index is 0. The maximum atomic E-state index is 12.3. The van der Waals surface area contributed by atoms with Crippen LogP contribution in [0.25, 0.3) is 0 Å². The van der Waals surface area contributed by atoms with Gasteiger partial charge in [-0.3, -0.25) is 0 Å². The van der Waals surface area contributed by atoms with Crippen LogP contribution in [-0.2, 0) is 4.43 Å². The summed E-state index contributed by atoms with van der Waals surface area (Å²) in [6, 6.07) is 0. The zero-order valence-corrected chi connectivity index (χ0v) is 15.6. The Morgan fingerprint density at radius 2 is 1.70 bits per heavy atom. The van der Waals surface area contributed by atoms with Gasteiger partial charge in [-0.1, -0.05) is 46.1 Å². The third kappa shape index (κ3) is 5.26. The molecule has 0 amide bonds. The first-order valence-electron chi connectivity index (χ1n) is 7.70. The summed E-state index contributed by atoms with van der Waals surface area (Å²) in [5.74, 6) is 0.628. The van der Waals surface area contributed by atoms with Gasteiger partial charge >= 0.3 is 18.9 Å². The Hall–Kier alpha value is 0.314. The van der Waals surface area contributed by atoms with Gasteiger partial charge in [-0.05, 0) is 43.8 Å². The van der Waals surface area contributed by atoms with Crippen molar-refractivity contribution in [2.75, 3.05) is 0 Å². The summed E-state index contributed by atoms with van der Waals surface area (Å²) in [6.45, 7) is 13.0. The van der Waals surface area contributed by atoms with Gasteiger partial charge in [-0.25, -0.2) is 0 Å². The van der Waals surface area contributed by atoms with E-state index in [0.717, 1.165) is 12.8 Å². The molecule has 0 spiro atoms. The van der Waals surface area contributed by atoms with E-state index in [1.165, 1.54) is 19.3 Å². The Morgan fingerprint density at radius 3 is 2.10 bits per heavy atom. The second kappa shape index (κ2) is 8.08. The standard InChI is InChI=1S/C16H32O2Si.Li/c1-7-14(17)15(13-11-9-8-10-12-13)18-19(5,6)16(2,3)4;/h7,13,15,17H,8-12H2,1-6H3;/q;+1/p-1/b14-7-;/t15-;/m0./s1. The van der Waals surface area contributed by atoms with Crippen molar-refractivity contribution in [3.05, 3.63) is 11.8 Å². The van der Waals surface area contributed by atoms with E-state index in [1.54, 1.807) is 6.08 Å². The van der Waals surface area contributed by atoms with Crippen LogP contribution in [0.3, 0.4) is 0 Å². The second-order valence-electron chi connectivity index (χ2n) is 7.39. The molecule has 0 heterocycles. The second-order valence-corrected chi connectivity index (χ2v) is 12.1. The Kier molecular flexibility index (Phi) is 8.21. The molecular formula is C16H31LiO2Si. The van der Waals surface area contributed by atoms with Gasteiger partial charge in [0.05, 0.1) is 6.10 Å². The van der Waals surface area contributed by atoms with Gasteiger partial charge in [0.2, 0.25) is 0 Å². The molecule has 0 unspecified atom stereocenters. The average Bonchev–Trinajstić information content (AvgIpc) is 2.35. The van der Waals surface area contributed by atoms with Crippen molar-refractivity contribution in [3.8, 4) is 0 Å². The van der Waals surface area contributed by atoms with Crippen LogP contribution in [0.15, 0.2) is 11.8 Å². The normalized spacial score (nSPS) is 20.4. The van der Waals surface area contributed by atoms with E-state index in [4.69, 9.17) is 4.43 Å². The first kappa shape index (κ1) is 20.3. The minimum atomic E-state index is -1.87. The molecule has 0 radical (unpaired) electrons. The fourth-order valence-electron chi connectivity index (χ4n) is 2.48. The first-order valence-corrected chi connectivity index (χ1v) is 10.6. The van der Waals surface area contributed by atoms with Gasteiger partial charge in [0.15, 0.2) is 8.32 Å². The zero-order valence-electron chi connectivity index (χ0n) is 14.6. The molecule has 0 saturated heterocycles. The molecule has 1 fully saturated rings. The summed E-state index contributed by atoms with van der Waals surface area (Å²) in [4.78, 5) is 0. The van der Waals surface area contributed by atoms with Crippen LogP contribution in [0.4, 0.5) is 0 Å². The van der Waals surface area contributed by atoms with Crippen molar-refractivity contribution >= 4 is 8.32 Å². The van der Waals surface area contributed by atoms with E-state index in [0.29, 0.717) is 5.92 Å². The van der Waals surface area contributed by atoms with E-state index >= 15 is 0 Å². The Morgan fingerprint density at radius 1 is 1.20 bits per heavy atom. The summed E-state index contributed by atoms with van der Waals surface area (Å²) in [5, 5.41) is 12.4. The number of hydrogen-bond acceptors (Lipinski definition) is 2. The van der Waals surface area contributed by atoms with Crippen molar-refractivity contribution < 1.29 is 28.4 Å². The Bertz CT molecular complexity index is 315. The summed E-state index contributed by atoms with van der Waals surface area (Å²) in [7, 11) is -1.87. The summed E-state index contributed by atoms with van der Waals surface area (Å²) < 4.78 is 6.45. The van der Waals surface area contributed by atoms with Gasteiger partial charge in [0.1, 0.15) is 0 Å². The number of rotatable bonds is 4. The number of hydrogen-bond donors (Lipinski definition) is 0. The zero-order chi connectivity index (χ0) is 14.7. The molecular weight excluding hydrogens is 259 g/mol. The molecule has 0 bridgehead atoms. The van der Waals surface area contributed by atoms with Crippen LogP contribution in [0.1, 0.15) is 59.8 Å². The van der Waals surface area contributed by atoms with E-state index in [9.17, 15) is 5.11 Å². The quantitative estimate of drug-likeness (QED) is 0.576. The molecule has 1 saturated carbocycles. The molecule has 1 rings (SSSR count). The third-order valence-corrected chi connectivity index (χ3v) is 9.33. The topological polar surface area (TPSA) is 32.3 Å². The minimum Gasteiger partial charge on any atom is -0.874 e. The van der Waals surface area contributed by atoms with Crippen molar-refractivity contribution in [2.45, 2.75) is 84.0 Å². The van der Waals surface area contributed by atoms with Crippen LogP contribution in [0.5, 0.6) is 0 Å². The van der Waals surface area contributed by atoms with Gasteiger partial charge in [0, 0.05) is 0 Å². The molecule has 0 aromatic rings. The van der Waals surface area contributed by atoms with Crippen LogP contribution in [0.2, 0.25) is 18.1 Å². The third-order valence-electron chi connectivity index (χ3n) is 4.87.